The lowest BCUT2D eigenvalue weighted by Gasteiger charge is -2.36. The summed E-state index contributed by atoms with van der Waals surface area (Å²) >= 11 is 1.80. The van der Waals surface area contributed by atoms with Crippen molar-refractivity contribution in [2.45, 2.75) is 6.54 Å². The largest absolute Gasteiger partial charge is 0.364 e. The Morgan fingerprint density at radius 1 is 1.36 bits per heavy atom. The number of hydrogen-bond acceptors (Lipinski definition) is 5. The van der Waals surface area contributed by atoms with E-state index in [0.717, 1.165) is 37.8 Å². The maximum atomic E-state index is 4.83. The Labute approximate surface area is 151 Å². The third kappa shape index (κ3) is 4.13. The van der Waals surface area contributed by atoms with Crippen LogP contribution in [-0.2, 0) is 6.54 Å². The zero-order valence-corrected chi connectivity index (χ0v) is 15.6. The van der Waals surface area contributed by atoms with Gasteiger partial charge in [0.05, 0.1) is 11.5 Å². The first-order valence-corrected chi connectivity index (χ1v) is 7.88. The summed E-state index contributed by atoms with van der Waals surface area (Å²) in [6.45, 7) is 4.61. The van der Waals surface area contributed by atoms with Gasteiger partial charge in [0.1, 0.15) is 12.0 Å². The van der Waals surface area contributed by atoms with Crippen LogP contribution in [0.4, 0.5) is 5.00 Å². The molecule has 1 fully saturated rings. The molecule has 0 bridgehead atoms. The van der Waals surface area contributed by atoms with Crippen LogP contribution in [0.2, 0.25) is 0 Å². The zero-order chi connectivity index (χ0) is 14.5. The minimum absolute atomic E-state index is 0. The molecule has 0 amide bonds. The van der Waals surface area contributed by atoms with E-state index in [-0.39, 0.29) is 24.0 Å². The first-order valence-electron chi connectivity index (χ1n) is 7.00. The van der Waals surface area contributed by atoms with E-state index in [4.69, 9.17) is 4.52 Å². The Morgan fingerprint density at radius 2 is 2.18 bits per heavy atom. The molecule has 22 heavy (non-hydrogen) atoms. The zero-order valence-electron chi connectivity index (χ0n) is 12.4. The number of nitrogens with zero attached hydrogens (tertiary/aromatic N) is 4. The molecule has 0 unspecified atom stereocenters. The molecule has 0 atom stereocenters. The predicted molar refractivity (Wildman–Crippen MR) is 100 cm³/mol. The van der Waals surface area contributed by atoms with E-state index in [0.29, 0.717) is 6.54 Å². The molecule has 120 valence electrons. The summed E-state index contributed by atoms with van der Waals surface area (Å²) < 4.78 is 4.83. The average molecular weight is 433 g/mol. The molecule has 0 aliphatic carbocycles. The Hall–Kier alpha value is -1.29. The van der Waals surface area contributed by atoms with Crippen LogP contribution < -0.4 is 10.2 Å². The van der Waals surface area contributed by atoms with Gasteiger partial charge in [-0.2, -0.15) is 0 Å². The number of piperazine rings is 1. The SMILES string of the molecule is CN=C(NCc1ccon1)N1CCN(c2cccs2)CC1.I. The van der Waals surface area contributed by atoms with Gasteiger partial charge < -0.3 is 19.6 Å². The molecule has 1 aliphatic rings. The highest BCUT2D eigenvalue weighted by molar-refractivity contribution is 14.0. The highest BCUT2D eigenvalue weighted by Gasteiger charge is 2.20. The first-order chi connectivity index (χ1) is 10.4. The van der Waals surface area contributed by atoms with Crippen LogP contribution in [0.5, 0.6) is 0 Å². The summed E-state index contributed by atoms with van der Waals surface area (Å²) in [6.07, 6.45) is 1.58. The van der Waals surface area contributed by atoms with Gasteiger partial charge in [-0.15, -0.1) is 35.3 Å². The summed E-state index contributed by atoms with van der Waals surface area (Å²) in [4.78, 5) is 9.06. The number of thiophene rings is 1. The molecule has 0 aromatic carbocycles. The predicted octanol–water partition coefficient (Wildman–Crippen LogP) is 2.25. The van der Waals surface area contributed by atoms with Crippen molar-refractivity contribution in [1.82, 2.24) is 15.4 Å². The monoisotopic (exact) mass is 433 g/mol. The Kier molecular flexibility index (Phi) is 6.49. The molecule has 1 aliphatic heterocycles. The van der Waals surface area contributed by atoms with Crippen molar-refractivity contribution in [3.05, 3.63) is 35.5 Å². The van der Waals surface area contributed by atoms with Gasteiger partial charge in [-0.1, -0.05) is 5.16 Å². The third-order valence-electron chi connectivity index (χ3n) is 3.53. The Bertz CT molecular complexity index is 564. The third-order valence-corrected chi connectivity index (χ3v) is 4.46. The lowest BCUT2D eigenvalue weighted by atomic mass is 10.3. The van der Waals surface area contributed by atoms with Gasteiger partial charge >= 0.3 is 0 Å². The fourth-order valence-electron chi connectivity index (χ4n) is 2.42. The van der Waals surface area contributed by atoms with Crippen LogP contribution in [0.1, 0.15) is 5.69 Å². The number of aromatic nitrogens is 1. The van der Waals surface area contributed by atoms with E-state index >= 15 is 0 Å². The van der Waals surface area contributed by atoms with Gasteiger partial charge in [-0.25, -0.2) is 0 Å². The van der Waals surface area contributed by atoms with E-state index in [9.17, 15) is 0 Å². The number of halogens is 1. The Morgan fingerprint density at radius 3 is 2.77 bits per heavy atom. The van der Waals surface area contributed by atoms with Gasteiger partial charge in [-0.05, 0) is 17.5 Å². The first kappa shape index (κ1) is 17.1. The van der Waals surface area contributed by atoms with Crippen molar-refractivity contribution < 1.29 is 4.52 Å². The van der Waals surface area contributed by atoms with Crippen LogP contribution >= 0.6 is 35.3 Å². The molecule has 3 rings (SSSR count). The van der Waals surface area contributed by atoms with E-state index < -0.39 is 0 Å². The number of nitrogens with one attached hydrogen (secondary N) is 1. The quantitative estimate of drug-likeness (QED) is 0.457. The van der Waals surface area contributed by atoms with Crippen LogP contribution in [0, 0.1) is 0 Å². The van der Waals surface area contributed by atoms with Crippen molar-refractivity contribution in [2.75, 3.05) is 38.1 Å². The summed E-state index contributed by atoms with van der Waals surface area (Å²) in [5.74, 6) is 0.920. The molecule has 0 saturated carbocycles. The number of anilines is 1. The highest BCUT2D eigenvalue weighted by Crippen LogP contribution is 2.22. The van der Waals surface area contributed by atoms with Crippen molar-refractivity contribution in [1.29, 1.82) is 0 Å². The molecular weight excluding hydrogens is 413 g/mol. The molecule has 2 aromatic rings. The van der Waals surface area contributed by atoms with E-state index in [1.165, 1.54) is 5.00 Å². The Balaban J connectivity index is 0.00000176. The molecule has 6 nitrogen and oxygen atoms in total. The topological polar surface area (TPSA) is 56.9 Å². The lowest BCUT2D eigenvalue weighted by molar-refractivity contribution is 0.371. The van der Waals surface area contributed by atoms with Crippen molar-refractivity contribution in [3.63, 3.8) is 0 Å². The van der Waals surface area contributed by atoms with Gasteiger partial charge in [0.25, 0.3) is 0 Å². The number of rotatable bonds is 3. The second-order valence-corrected chi connectivity index (χ2v) is 5.74. The van der Waals surface area contributed by atoms with Crippen molar-refractivity contribution >= 4 is 46.3 Å². The molecule has 1 N–H and O–H groups in total. The second-order valence-electron chi connectivity index (χ2n) is 4.82. The number of guanidine groups is 1. The van der Waals surface area contributed by atoms with Crippen LogP contribution in [-0.4, -0.2) is 49.2 Å². The van der Waals surface area contributed by atoms with Crippen molar-refractivity contribution in [2.24, 2.45) is 4.99 Å². The molecular formula is C14H20IN5OS. The fraction of sp³-hybridized carbons (Fsp3) is 0.429. The minimum Gasteiger partial charge on any atom is -0.364 e. The lowest BCUT2D eigenvalue weighted by Crippen LogP contribution is -2.52. The average Bonchev–Trinajstić information content (AvgIpc) is 3.22. The molecule has 3 heterocycles. The molecule has 0 radical (unpaired) electrons. The molecule has 8 heteroatoms. The summed E-state index contributed by atoms with van der Waals surface area (Å²) in [5.41, 5.74) is 0.883. The highest BCUT2D eigenvalue weighted by atomic mass is 127. The fourth-order valence-corrected chi connectivity index (χ4v) is 3.20. The van der Waals surface area contributed by atoms with Crippen molar-refractivity contribution in [3.8, 4) is 0 Å². The standard InChI is InChI=1S/C14H19N5OS.HI/c1-15-14(16-11-12-4-9-20-17-12)19-7-5-18(6-8-19)13-3-2-10-21-13;/h2-4,9-10H,5-8,11H2,1H3,(H,15,16);1H. The molecule has 2 aromatic heterocycles. The summed E-state index contributed by atoms with van der Waals surface area (Å²) in [7, 11) is 1.82. The smallest absolute Gasteiger partial charge is 0.194 e. The van der Waals surface area contributed by atoms with E-state index in [1.807, 2.05) is 13.1 Å². The summed E-state index contributed by atoms with van der Waals surface area (Å²) in [5, 5.41) is 10.7. The van der Waals surface area contributed by atoms with Gasteiger partial charge in [0.2, 0.25) is 0 Å². The normalized spacial score (nSPS) is 15.6. The van der Waals surface area contributed by atoms with Crippen LogP contribution in [0.3, 0.4) is 0 Å². The number of aliphatic imine (C=N–C) groups is 1. The van der Waals surface area contributed by atoms with Gasteiger partial charge in [0, 0.05) is 39.3 Å². The van der Waals surface area contributed by atoms with Crippen LogP contribution in [0.15, 0.2) is 39.4 Å². The summed E-state index contributed by atoms with van der Waals surface area (Å²) in [6, 6.07) is 6.14. The van der Waals surface area contributed by atoms with Gasteiger partial charge in [0.15, 0.2) is 5.96 Å². The molecule has 1 saturated heterocycles. The minimum atomic E-state index is 0. The van der Waals surface area contributed by atoms with E-state index in [2.05, 4.69) is 42.8 Å². The maximum absolute atomic E-state index is 4.83. The molecule has 0 spiro atoms. The second kappa shape index (κ2) is 8.37. The van der Waals surface area contributed by atoms with Gasteiger partial charge in [-0.3, -0.25) is 4.99 Å². The maximum Gasteiger partial charge on any atom is 0.194 e. The number of hydrogen-bond donors (Lipinski definition) is 1. The van der Waals surface area contributed by atoms with Crippen LogP contribution in [0.25, 0.3) is 0 Å². The van der Waals surface area contributed by atoms with E-state index in [1.54, 1.807) is 17.6 Å².